The van der Waals surface area contributed by atoms with Gasteiger partial charge in [-0.05, 0) is 18.6 Å². The van der Waals surface area contributed by atoms with E-state index in [-0.39, 0.29) is 0 Å². The van der Waals surface area contributed by atoms with E-state index in [1.54, 1.807) is 0 Å². The van der Waals surface area contributed by atoms with Crippen LogP contribution in [-0.2, 0) is 0 Å². The van der Waals surface area contributed by atoms with Crippen LogP contribution in [0, 0.1) is 0 Å². The van der Waals surface area contributed by atoms with Crippen molar-refractivity contribution in [1.82, 2.24) is 4.98 Å². The molecule has 0 amide bonds. The Hall–Kier alpha value is -1.09. The molecule has 1 aromatic heterocycles. The van der Waals surface area contributed by atoms with E-state index < -0.39 is 0 Å². The largest absolute Gasteiger partial charge is 0.355 e. The zero-order valence-electron chi connectivity index (χ0n) is 6.98. The second kappa shape index (κ2) is 3.11. The van der Waals surface area contributed by atoms with E-state index in [1.165, 1.54) is 0 Å². The van der Waals surface area contributed by atoms with Crippen molar-refractivity contribution in [2.24, 2.45) is 5.73 Å². The number of hydrogen-bond donors (Lipinski definition) is 1. The van der Waals surface area contributed by atoms with Gasteiger partial charge < -0.3 is 10.6 Å². The van der Waals surface area contributed by atoms with Gasteiger partial charge in [-0.3, -0.25) is 0 Å². The molecule has 0 bridgehead atoms. The number of rotatable bonds is 1. The Morgan fingerprint density at radius 1 is 1.50 bits per heavy atom. The molecule has 3 heteroatoms. The minimum absolute atomic E-state index is 0.326. The number of hydrogen-bond acceptors (Lipinski definition) is 3. The van der Waals surface area contributed by atoms with Crippen LogP contribution < -0.4 is 10.6 Å². The standard InChI is InChI=1S/C9H13N3/c10-8-4-6-12(7-8)9-3-1-2-5-11-9/h1-3,5,8H,4,6-7,10H2/t8-/m0/s1. The van der Waals surface area contributed by atoms with Crippen LogP contribution in [0.25, 0.3) is 0 Å². The Balaban J connectivity index is 2.11. The topological polar surface area (TPSA) is 42.1 Å². The Kier molecular flexibility index (Phi) is 1.96. The fraction of sp³-hybridized carbons (Fsp3) is 0.444. The van der Waals surface area contributed by atoms with Gasteiger partial charge in [-0.2, -0.15) is 0 Å². The Morgan fingerprint density at radius 2 is 2.42 bits per heavy atom. The van der Waals surface area contributed by atoms with E-state index in [2.05, 4.69) is 9.88 Å². The van der Waals surface area contributed by atoms with Gasteiger partial charge in [0.05, 0.1) is 0 Å². The summed E-state index contributed by atoms with van der Waals surface area (Å²) < 4.78 is 0. The van der Waals surface area contributed by atoms with Crippen LogP contribution in [-0.4, -0.2) is 24.1 Å². The van der Waals surface area contributed by atoms with Crippen LogP contribution in [0.4, 0.5) is 5.82 Å². The minimum Gasteiger partial charge on any atom is -0.355 e. The van der Waals surface area contributed by atoms with Crippen molar-refractivity contribution in [2.45, 2.75) is 12.5 Å². The lowest BCUT2D eigenvalue weighted by molar-refractivity contribution is 0.751. The molecule has 0 aliphatic carbocycles. The first-order chi connectivity index (χ1) is 5.86. The molecule has 0 spiro atoms. The summed E-state index contributed by atoms with van der Waals surface area (Å²) in [6.07, 6.45) is 2.90. The maximum absolute atomic E-state index is 5.79. The maximum atomic E-state index is 5.79. The summed E-state index contributed by atoms with van der Waals surface area (Å²) >= 11 is 0. The second-order valence-electron chi connectivity index (χ2n) is 3.18. The number of nitrogens with zero attached hydrogens (tertiary/aromatic N) is 2. The van der Waals surface area contributed by atoms with Crippen molar-refractivity contribution in [2.75, 3.05) is 18.0 Å². The van der Waals surface area contributed by atoms with Gasteiger partial charge in [0.2, 0.25) is 0 Å². The first-order valence-corrected chi connectivity index (χ1v) is 4.28. The third-order valence-corrected chi connectivity index (χ3v) is 2.20. The Morgan fingerprint density at radius 3 is 3.00 bits per heavy atom. The summed E-state index contributed by atoms with van der Waals surface area (Å²) in [5.74, 6) is 1.05. The van der Waals surface area contributed by atoms with E-state index in [0.29, 0.717) is 6.04 Å². The van der Waals surface area contributed by atoms with Crippen molar-refractivity contribution in [3.8, 4) is 0 Å². The van der Waals surface area contributed by atoms with Gasteiger partial charge in [-0.25, -0.2) is 4.98 Å². The average molecular weight is 163 g/mol. The van der Waals surface area contributed by atoms with Crippen molar-refractivity contribution < 1.29 is 0 Å². The van der Waals surface area contributed by atoms with E-state index in [1.807, 2.05) is 24.4 Å². The highest BCUT2D eigenvalue weighted by Gasteiger charge is 2.19. The monoisotopic (exact) mass is 163 g/mol. The molecular weight excluding hydrogens is 150 g/mol. The van der Waals surface area contributed by atoms with Gasteiger partial charge in [0.25, 0.3) is 0 Å². The fourth-order valence-electron chi connectivity index (χ4n) is 1.54. The molecule has 1 aliphatic heterocycles. The number of aromatic nitrogens is 1. The molecule has 0 saturated carbocycles. The predicted octanol–water partition coefficient (Wildman–Crippen LogP) is 0.619. The smallest absolute Gasteiger partial charge is 0.128 e. The van der Waals surface area contributed by atoms with Crippen LogP contribution in [0.2, 0.25) is 0 Å². The molecule has 0 aromatic carbocycles. The van der Waals surface area contributed by atoms with Gasteiger partial charge in [-0.1, -0.05) is 6.07 Å². The van der Waals surface area contributed by atoms with Crippen LogP contribution in [0.3, 0.4) is 0 Å². The predicted molar refractivity (Wildman–Crippen MR) is 49.0 cm³/mol. The minimum atomic E-state index is 0.326. The van der Waals surface area contributed by atoms with Crippen LogP contribution in [0.5, 0.6) is 0 Å². The van der Waals surface area contributed by atoms with Crippen LogP contribution in [0.15, 0.2) is 24.4 Å². The maximum Gasteiger partial charge on any atom is 0.128 e. The van der Waals surface area contributed by atoms with Gasteiger partial charge in [0.15, 0.2) is 0 Å². The van der Waals surface area contributed by atoms with Gasteiger partial charge >= 0.3 is 0 Å². The molecule has 3 nitrogen and oxygen atoms in total. The highest BCUT2D eigenvalue weighted by molar-refractivity contribution is 5.39. The number of nitrogens with two attached hydrogens (primary N) is 1. The van der Waals surface area contributed by atoms with Crippen molar-refractivity contribution in [3.63, 3.8) is 0 Å². The lowest BCUT2D eigenvalue weighted by Gasteiger charge is -2.15. The lowest BCUT2D eigenvalue weighted by atomic mass is 10.3. The van der Waals surface area contributed by atoms with Crippen molar-refractivity contribution in [1.29, 1.82) is 0 Å². The van der Waals surface area contributed by atoms with E-state index in [4.69, 9.17) is 5.73 Å². The third-order valence-electron chi connectivity index (χ3n) is 2.20. The number of anilines is 1. The van der Waals surface area contributed by atoms with Crippen LogP contribution >= 0.6 is 0 Å². The molecule has 0 unspecified atom stereocenters. The van der Waals surface area contributed by atoms with Gasteiger partial charge in [0.1, 0.15) is 5.82 Å². The SMILES string of the molecule is N[C@H]1CCN(c2ccccn2)C1. The zero-order valence-corrected chi connectivity index (χ0v) is 6.98. The summed E-state index contributed by atoms with van der Waals surface area (Å²) in [6.45, 7) is 1.98. The summed E-state index contributed by atoms with van der Waals surface area (Å²) in [5, 5.41) is 0. The fourth-order valence-corrected chi connectivity index (χ4v) is 1.54. The number of pyridine rings is 1. The van der Waals surface area contributed by atoms with Crippen molar-refractivity contribution in [3.05, 3.63) is 24.4 Å². The molecule has 64 valence electrons. The molecule has 2 rings (SSSR count). The van der Waals surface area contributed by atoms with E-state index in [9.17, 15) is 0 Å². The third kappa shape index (κ3) is 1.41. The first-order valence-electron chi connectivity index (χ1n) is 4.28. The summed E-state index contributed by atoms with van der Waals surface area (Å²) in [5.41, 5.74) is 5.79. The lowest BCUT2D eigenvalue weighted by Crippen LogP contribution is -2.26. The molecule has 0 radical (unpaired) electrons. The van der Waals surface area contributed by atoms with Crippen LogP contribution in [0.1, 0.15) is 6.42 Å². The highest BCUT2D eigenvalue weighted by atomic mass is 15.2. The normalized spacial score (nSPS) is 23.1. The molecule has 1 atom stereocenters. The molecule has 2 heterocycles. The summed E-state index contributed by atoms with van der Waals surface area (Å²) in [7, 11) is 0. The van der Waals surface area contributed by atoms with Gasteiger partial charge in [-0.15, -0.1) is 0 Å². The quantitative estimate of drug-likeness (QED) is 0.660. The second-order valence-corrected chi connectivity index (χ2v) is 3.18. The molecule has 2 N–H and O–H groups in total. The molecule has 1 aliphatic rings. The molecule has 1 fully saturated rings. The molecular formula is C9H13N3. The van der Waals surface area contributed by atoms with Gasteiger partial charge in [0, 0.05) is 25.3 Å². The van der Waals surface area contributed by atoms with E-state index in [0.717, 1.165) is 25.3 Å². The Bertz CT molecular complexity index is 247. The molecule has 12 heavy (non-hydrogen) atoms. The average Bonchev–Trinajstić information content (AvgIpc) is 2.54. The molecule has 1 aromatic rings. The highest BCUT2D eigenvalue weighted by Crippen LogP contribution is 2.15. The van der Waals surface area contributed by atoms with Crippen molar-refractivity contribution >= 4 is 5.82 Å². The molecule has 1 saturated heterocycles. The Labute approximate surface area is 72.2 Å². The zero-order chi connectivity index (χ0) is 8.39. The summed E-state index contributed by atoms with van der Waals surface area (Å²) in [6, 6.07) is 6.29. The van der Waals surface area contributed by atoms with E-state index >= 15 is 0 Å². The first kappa shape index (κ1) is 7.55. The summed E-state index contributed by atoms with van der Waals surface area (Å²) in [4.78, 5) is 6.49.